The Kier molecular flexibility index (Phi) is 6.54. The number of rotatable bonds is 4. The number of H-pyrrole nitrogens is 1. The van der Waals surface area contributed by atoms with Crippen LogP contribution in [0.5, 0.6) is 0 Å². The van der Waals surface area contributed by atoms with Crippen LogP contribution in [0.2, 0.25) is 30.7 Å². The SMILES string of the molecule is COCC[Si](C)(C)C.Clc1ccnc2[nH]cc(-c3ccccn3)c12. The smallest absolute Gasteiger partial charge is 0.139 e. The quantitative estimate of drug-likeness (QED) is 0.645. The van der Waals surface area contributed by atoms with Gasteiger partial charge in [-0.25, -0.2) is 4.98 Å². The standard InChI is InChI=1S/C12H8ClN3.C6H16OSi/c13-9-4-6-15-12-11(9)8(7-16-12)10-3-1-2-5-14-10;1-7-5-6-8(2,3)4/h1-7H,(H,15,16);5-6H2,1-4H3. The Labute approximate surface area is 149 Å². The topological polar surface area (TPSA) is 50.8 Å². The fourth-order valence-electron chi connectivity index (χ4n) is 2.15. The van der Waals surface area contributed by atoms with Gasteiger partial charge in [-0.05, 0) is 24.2 Å². The fourth-order valence-corrected chi connectivity index (χ4v) is 3.21. The first kappa shape index (κ1) is 18.6. The Bertz CT molecular complexity index is 769. The lowest BCUT2D eigenvalue weighted by Gasteiger charge is -2.13. The van der Waals surface area contributed by atoms with Crippen LogP contribution in [0.3, 0.4) is 0 Å². The van der Waals surface area contributed by atoms with E-state index in [1.165, 1.54) is 6.04 Å². The van der Waals surface area contributed by atoms with E-state index in [1.54, 1.807) is 25.6 Å². The van der Waals surface area contributed by atoms with Gasteiger partial charge in [-0.15, -0.1) is 0 Å². The van der Waals surface area contributed by atoms with Gasteiger partial charge in [0.05, 0.1) is 10.7 Å². The molecule has 128 valence electrons. The van der Waals surface area contributed by atoms with E-state index in [1.807, 2.05) is 24.4 Å². The molecule has 4 nitrogen and oxygen atoms in total. The summed E-state index contributed by atoms with van der Waals surface area (Å²) in [5, 5.41) is 1.61. The number of hydrogen-bond donors (Lipinski definition) is 1. The van der Waals surface area contributed by atoms with Gasteiger partial charge in [0.1, 0.15) is 5.65 Å². The summed E-state index contributed by atoms with van der Waals surface area (Å²) in [6, 6.07) is 8.85. The van der Waals surface area contributed by atoms with Crippen LogP contribution in [0.25, 0.3) is 22.3 Å². The second-order valence-electron chi connectivity index (χ2n) is 6.74. The van der Waals surface area contributed by atoms with Gasteiger partial charge in [0, 0.05) is 51.3 Å². The lowest BCUT2D eigenvalue weighted by Crippen LogP contribution is -2.21. The van der Waals surface area contributed by atoms with Gasteiger partial charge < -0.3 is 9.72 Å². The number of halogens is 1. The number of aromatic amines is 1. The van der Waals surface area contributed by atoms with Crippen molar-refractivity contribution in [2.24, 2.45) is 0 Å². The first-order valence-electron chi connectivity index (χ1n) is 7.94. The third-order valence-corrected chi connectivity index (χ3v) is 5.54. The molecule has 3 heterocycles. The van der Waals surface area contributed by atoms with E-state index >= 15 is 0 Å². The lowest BCUT2D eigenvalue weighted by atomic mass is 10.1. The first-order valence-corrected chi connectivity index (χ1v) is 12.0. The second-order valence-corrected chi connectivity index (χ2v) is 12.8. The minimum absolute atomic E-state index is 0.687. The maximum absolute atomic E-state index is 6.17. The molecule has 24 heavy (non-hydrogen) atoms. The molecule has 0 saturated carbocycles. The Morgan fingerprint density at radius 1 is 1.12 bits per heavy atom. The zero-order valence-corrected chi connectivity index (χ0v) is 16.4. The number of pyridine rings is 2. The number of hydrogen-bond acceptors (Lipinski definition) is 3. The van der Waals surface area contributed by atoms with Crippen LogP contribution in [0, 0.1) is 0 Å². The van der Waals surface area contributed by atoms with Crippen molar-refractivity contribution < 1.29 is 4.74 Å². The molecule has 0 aromatic carbocycles. The highest BCUT2D eigenvalue weighted by Gasteiger charge is 2.11. The molecule has 0 fully saturated rings. The molecular weight excluding hydrogens is 338 g/mol. The summed E-state index contributed by atoms with van der Waals surface area (Å²) in [5.41, 5.74) is 2.66. The molecule has 0 amide bonds. The molecule has 3 rings (SSSR count). The molecule has 0 atom stereocenters. The predicted molar refractivity (Wildman–Crippen MR) is 104 cm³/mol. The lowest BCUT2D eigenvalue weighted by molar-refractivity contribution is 0.214. The van der Waals surface area contributed by atoms with Gasteiger partial charge in [0.2, 0.25) is 0 Å². The second kappa shape index (κ2) is 8.42. The molecule has 0 aliphatic heterocycles. The van der Waals surface area contributed by atoms with Crippen LogP contribution in [0.1, 0.15) is 0 Å². The zero-order chi connectivity index (χ0) is 17.6. The zero-order valence-electron chi connectivity index (χ0n) is 14.6. The van der Waals surface area contributed by atoms with E-state index in [2.05, 4.69) is 34.6 Å². The molecule has 1 N–H and O–H groups in total. The molecule has 0 aliphatic rings. The maximum Gasteiger partial charge on any atom is 0.139 e. The summed E-state index contributed by atoms with van der Waals surface area (Å²) in [4.78, 5) is 11.6. The van der Waals surface area contributed by atoms with Crippen molar-refractivity contribution >= 4 is 30.7 Å². The normalized spacial score (nSPS) is 11.2. The predicted octanol–water partition coefficient (Wildman–Crippen LogP) is 5.25. The summed E-state index contributed by atoms with van der Waals surface area (Å²) in [5.74, 6) is 0. The molecule has 0 aliphatic carbocycles. The van der Waals surface area contributed by atoms with Crippen LogP contribution in [-0.4, -0.2) is 36.7 Å². The number of methoxy groups -OCH3 is 1. The monoisotopic (exact) mass is 361 g/mol. The Balaban J connectivity index is 0.000000224. The fraction of sp³-hybridized carbons (Fsp3) is 0.333. The number of nitrogens with zero attached hydrogens (tertiary/aromatic N) is 2. The van der Waals surface area contributed by atoms with E-state index < -0.39 is 8.07 Å². The largest absolute Gasteiger partial charge is 0.385 e. The number of aromatic nitrogens is 3. The summed E-state index contributed by atoms with van der Waals surface area (Å²) in [6.07, 6.45) is 5.33. The van der Waals surface area contributed by atoms with Crippen LogP contribution >= 0.6 is 11.6 Å². The molecule has 3 aromatic heterocycles. The van der Waals surface area contributed by atoms with Gasteiger partial charge in [0.25, 0.3) is 0 Å². The van der Waals surface area contributed by atoms with Crippen molar-refractivity contribution in [2.75, 3.05) is 13.7 Å². The van der Waals surface area contributed by atoms with Crippen molar-refractivity contribution in [1.82, 2.24) is 15.0 Å². The molecule has 0 bridgehead atoms. The highest BCUT2D eigenvalue weighted by Crippen LogP contribution is 2.31. The van der Waals surface area contributed by atoms with E-state index in [9.17, 15) is 0 Å². The summed E-state index contributed by atoms with van der Waals surface area (Å²) in [7, 11) is 0.961. The van der Waals surface area contributed by atoms with Gasteiger partial charge in [-0.2, -0.15) is 0 Å². The summed E-state index contributed by atoms with van der Waals surface area (Å²) in [6.45, 7) is 8.00. The van der Waals surface area contributed by atoms with Crippen molar-refractivity contribution in [3.8, 4) is 11.3 Å². The van der Waals surface area contributed by atoms with Crippen LogP contribution in [0.4, 0.5) is 0 Å². The Morgan fingerprint density at radius 2 is 1.92 bits per heavy atom. The molecule has 0 radical (unpaired) electrons. The van der Waals surface area contributed by atoms with Gasteiger partial charge in [-0.3, -0.25) is 4.98 Å². The van der Waals surface area contributed by atoms with Crippen molar-refractivity contribution in [2.45, 2.75) is 25.7 Å². The van der Waals surface area contributed by atoms with Crippen molar-refractivity contribution in [3.63, 3.8) is 0 Å². The average Bonchev–Trinajstić information content (AvgIpc) is 2.99. The van der Waals surface area contributed by atoms with E-state index in [0.29, 0.717) is 5.02 Å². The highest BCUT2D eigenvalue weighted by atomic mass is 35.5. The third-order valence-electron chi connectivity index (χ3n) is 3.52. The van der Waals surface area contributed by atoms with E-state index in [-0.39, 0.29) is 0 Å². The van der Waals surface area contributed by atoms with E-state index in [4.69, 9.17) is 16.3 Å². The molecular formula is C18H24ClN3OSi. The number of nitrogens with one attached hydrogen (secondary N) is 1. The number of fused-ring (bicyclic) bond motifs is 1. The minimum atomic E-state index is -0.803. The summed E-state index contributed by atoms with van der Waals surface area (Å²) < 4.78 is 4.95. The van der Waals surface area contributed by atoms with Crippen LogP contribution < -0.4 is 0 Å². The van der Waals surface area contributed by atoms with E-state index in [0.717, 1.165) is 28.9 Å². The third kappa shape index (κ3) is 5.16. The van der Waals surface area contributed by atoms with Gasteiger partial charge >= 0.3 is 0 Å². The first-order chi connectivity index (χ1) is 11.4. The van der Waals surface area contributed by atoms with Crippen LogP contribution in [0.15, 0.2) is 42.9 Å². The van der Waals surface area contributed by atoms with Crippen LogP contribution in [-0.2, 0) is 4.74 Å². The molecule has 0 unspecified atom stereocenters. The molecule has 0 spiro atoms. The van der Waals surface area contributed by atoms with Crippen molar-refractivity contribution in [3.05, 3.63) is 47.9 Å². The Morgan fingerprint density at radius 3 is 2.50 bits per heavy atom. The molecule has 3 aromatic rings. The number of ether oxygens (including phenoxy) is 1. The van der Waals surface area contributed by atoms with Gasteiger partial charge in [-0.1, -0.05) is 37.3 Å². The minimum Gasteiger partial charge on any atom is -0.385 e. The Hall–Kier alpha value is -1.69. The van der Waals surface area contributed by atoms with Gasteiger partial charge in [0.15, 0.2) is 0 Å². The highest BCUT2D eigenvalue weighted by molar-refractivity contribution is 6.76. The maximum atomic E-state index is 6.17. The van der Waals surface area contributed by atoms with Crippen molar-refractivity contribution in [1.29, 1.82) is 0 Å². The molecule has 6 heteroatoms. The average molecular weight is 362 g/mol. The summed E-state index contributed by atoms with van der Waals surface area (Å²) >= 11 is 6.17. The molecule has 0 saturated heterocycles.